The predicted octanol–water partition coefficient (Wildman–Crippen LogP) is 2.03. The van der Waals surface area contributed by atoms with Gasteiger partial charge < -0.3 is 5.11 Å². The molecule has 1 saturated heterocycles. The van der Waals surface area contributed by atoms with E-state index in [0.29, 0.717) is 0 Å². The largest absolute Gasteiger partial charge is 0.394 e. The first-order chi connectivity index (χ1) is 7.31. The Morgan fingerprint density at radius 3 is 2.67 bits per heavy atom. The molecule has 0 bridgehead atoms. The number of halogens is 1. The van der Waals surface area contributed by atoms with Gasteiger partial charge in [-0.05, 0) is 12.0 Å². The summed E-state index contributed by atoms with van der Waals surface area (Å²) in [4.78, 5) is 2.26. The molecule has 82 valence electrons. The van der Waals surface area contributed by atoms with E-state index in [1.807, 2.05) is 18.2 Å². The van der Waals surface area contributed by atoms with Crippen LogP contribution in [0.4, 0.5) is 0 Å². The van der Waals surface area contributed by atoms with Crippen LogP contribution < -0.4 is 0 Å². The SMILES string of the molecule is OC[C@@H](c1ccccc1)N1CC[C@H](Cl)C1. The molecule has 2 atom stereocenters. The van der Waals surface area contributed by atoms with Gasteiger partial charge in [-0.3, -0.25) is 4.90 Å². The Bertz CT molecular complexity index is 304. The standard InChI is InChI=1S/C12H16ClNO/c13-11-6-7-14(8-11)12(9-15)10-4-2-1-3-5-10/h1-5,11-12,15H,6-9H2/t11-,12-/m0/s1. The molecule has 0 aliphatic carbocycles. The number of aliphatic hydroxyl groups excluding tert-OH is 1. The quantitative estimate of drug-likeness (QED) is 0.796. The van der Waals surface area contributed by atoms with Crippen molar-refractivity contribution >= 4 is 11.6 Å². The first-order valence-corrected chi connectivity index (χ1v) is 5.79. The summed E-state index contributed by atoms with van der Waals surface area (Å²) in [7, 11) is 0. The number of hydrogen-bond donors (Lipinski definition) is 1. The van der Waals surface area contributed by atoms with E-state index in [-0.39, 0.29) is 18.0 Å². The molecule has 0 aromatic heterocycles. The van der Waals surface area contributed by atoms with Crippen molar-refractivity contribution in [2.24, 2.45) is 0 Å². The minimum Gasteiger partial charge on any atom is -0.394 e. The van der Waals surface area contributed by atoms with Crippen molar-refractivity contribution in [3.05, 3.63) is 35.9 Å². The molecule has 3 heteroatoms. The van der Waals surface area contributed by atoms with Crippen LogP contribution in [0.2, 0.25) is 0 Å². The van der Waals surface area contributed by atoms with E-state index < -0.39 is 0 Å². The van der Waals surface area contributed by atoms with Gasteiger partial charge in [0.2, 0.25) is 0 Å². The molecule has 1 aromatic rings. The zero-order valence-corrected chi connectivity index (χ0v) is 9.40. The third-order valence-electron chi connectivity index (χ3n) is 2.96. The van der Waals surface area contributed by atoms with Crippen LogP contribution in [0.15, 0.2) is 30.3 Å². The maximum atomic E-state index is 9.44. The fourth-order valence-corrected chi connectivity index (χ4v) is 2.41. The molecular formula is C12H16ClNO. The highest BCUT2D eigenvalue weighted by Crippen LogP contribution is 2.26. The zero-order valence-electron chi connectivity index (χ0n) is 8.64. The van der Waals surface area contributed by atoms with Crippen LogP contribution in [0.3, 0.4) is 0 Å². The topological polar surface area (TPSA) is 23.5 Å². The van der Waals surface area contributed by atoms with Crippen LogP contribution in [0.1, 0.15) is 18.0 Å². The molecule has 1 aliphatic heterocycles. The predicted molar refractivity (Wildman–Crippen MR) is 62.1 cm³/mol. The minimum atomic E-state index is 0.106. The maximum absolute atomic E-state index is 9.44. The number of hydrogen-bond acceptors (Lipinski definition) is 2. The Labute approximate surface area is 95.5 Å². The van der Waals surface area contributed by atoms with Crippen LogP contribution in [0.25, 0.3) is 0 Å². The van der Waals surface area contributed by atoms with Crippen molar-refractivity contribution in [2.75, 3.05) is 19.7 Å². The van der Waals surface area contributed by atoms with Crippen molar-refractivity contribution in [3.8, 4) is 0 Å². The van der Waals surface area contributed by atoms with Gasteiger partial charge in [-0.25, -0.2) is 0 Å². The smallest absolute Gasteiger partial charge is 0.0628 e. The monoisotopic (exact) mass is 225 g/mol. The second kappa shape index (κ2) is 4.97. The Hall–Kier alpha value is -0.570. The second-order valence-corrected chi connectivity index (χ2v) is 4.61. The van der Waals surface area contributed by atoms with Crippen molar-refractivity contribution in [1.29, 1.82) is 0 Å². The Morgan fingerprint density at radius 1 is 1.40 bits per heavy atom. The lowest BCUT2D eigenvalue weighted by molar-refractivity contribution is 0.147. The molecule has 0 saturated carbocycles. The highest BCUT2D eigenvalue weighted by molar-refractivity contribution is 6.20. The molecule has 1 aromatic carbocycles. The Morgan fingerprint density at radius 2 is 2.13 bits per heavy atom. The van der Waals surface area contributed by atoms with Gasteiger partial charge in [0.25, 0.3) is 0 Å². The third kappa shape index (κ3) is 2.51. The lowest BCUT2D eigenvalue weighted by Gasteiger charge is -2.26. The van der Waals surface area contributed by atoms with Gasteiger partial charge in [0.15, 0.2) is 0 Å². The maximum Gasteiger partial charge on any atom is 0.0628 e. The summed E-state index contributed by atoms with van der Waals surface area (Å²) in [6.45, 7) is 2.02. The van der Waals surface area contributed by atoms with Crippen LogP contribution in [0.5, 0.6) is 0 Å². The van der Waals surface area contributed by atoms with E-state index in [2.05, 4.69) is 17.0 Å². The van der Waals surface area contributed by atoms with Crippen molar-refractivity contribution in [1.82, 2.24) is 4.90 Å². The fourth-order valence-electron chi connectivity index (χ4n) is 2.13. The van der Waals surface area contributed by atoms with Crippen molar-refractivity contribution in [2.45, 2.75) is 17.8 Å². The highest BCUT2D eigenvalue weighted by atomic mass is 35.5. The second-order valence-electron chi connectivity index (χ2n) is 3.99. The first-order valence-electron chi connectivity index (χ1n) is 5.35. The molecule has 0 spiro atoms. The molecule has 2 nitrogen and oxygen atoms in total. The number of rotatable bonds is 3. The molecule has 1 fully saturated rings. The number of nitrogens with zero attached hydrogens (tertiary/aromatic N) is 1. The van der Waals surface area contributed by atoms with E-state index in [0.717, 1.165) is 19.5 Å². The number of likely N-dealkylation sites (tertiary alicyclic amines) is 1. The van der Waals surface area contributed by atoms with Gasteiger partial charge in [0, 0.05) is 18.5 Å². The molecule has 0 amide bonds. The van der Waals surface area contributed by atoms with E-state index in [4.69, 9.17) is 11.6 Å². The highest BCUT2D eigenvalue weighted by Gasteiger charge is 2.27. The summed E-state index contributed by atoms with van der Waals surface area (Å²) in [5.74, 6) is 0. The van der Waals surface area contributed by atoms with E-state index in [1.54, 1.807) is 0 Å². The molecule has 0 radical (unpaired) electrons. The molecule has 15 heavy (non-hydrogen) atoms. The summed E-state index contributed by atoms with van der Waals surface area (Å²) in [5.41, 5.74) is 1.17. The zero-order chi connectivity index (χ0) is 10.7. The lowest BCUT2D eigenvalue weighted by atomic mass is 10.1. The van der Waals surface area contributed by atoms with E-state index in [1.165, 1.54) is 5.56 Å². The Kier molecular flexibility index (Phi) is 3.62. The third-order valence-corrected chi connectivity index (χ3v) is 3.32. The summed E-state index contributed by atoms with van der Waals surface area (Å²) in [5, 5.41) is 9.68. The van der Waals surface area contributed by atoms with Crippen LogP contribution in [-0.4, -0.2) is 35.1 Å². The molecule has 1 N–H and O–H groups in total. The van der Waals surface area contributed by atoms with E-state index >= 15 is 0 Å². The molecule has 1 aliphatic rings. The molecular weight excluding hydrogens is 210 g/mol. The summed E-state index contributed by atoms with van der Waals surface area (Å²) < 4.78 is 0. The summed E-state index contributed by atoms with van der Waals surface area (Å²) in [6.07, 6.45) is 1.02. The molecule has 0 unspecified atom stereocenters. The van der Waals surface area contributed by atoms with Gasteiger partial charge >= 0.3 is 0 Å². The van der Waals surface area contributed by atoms with E-state index in [9.17, 15) is 5.11 Å². The first kappa shape index (κ1) is 10.9. The summed E-state index contributed by atoms with van der Waals surface area (Å²) >= 11 is 6.07. The molecule has 1 heterocycles. The number of aliphatic hydroxyl groups is 1. The average Bonchev–Trinajstić information content (AvgIpc) is 2.68. The van der Waals surface area contributed by atoms with Crippen molar-refractivity contribution < 1.29 is 5.11 Å². The lowest BCUT2D eigenvalue weighted by Crippen LogP contribution is -2.29. The number of benzene rings is 1. The Balaban J connectivity index is 2.11. The van der Waals surface area contributed by atoms with Gasteiger partial charge in [0.05, 0.1) is 12.6 Å². The van der Waals surface area contributed by atoms with Gasteiger partial charge in [-0.15, -0.1) is 11.6 Å². The minimum absolute atomic E-state index is 0.106. The normalized spacial score (nSPS) is 24.3. The van der Waals surface area contributed by atoms with Crippen LogP contribution >= 0.6 is 11.6 Å². The van der Waals surface area contributed by atoms with Gasteiger partial charge in [-0.2, -0.15) is 0 Å². The average molecular weight is 226 g/mol. The summed E-state index contributed by atoms with van der Waals surface area (Å²) in [6, 6.07) is 10.2. The van der Waals surface area contributed by atoms with Gasteiger partial charge in [0.1, 0.15) is 0 Å². The van der Waals surface area contributed by atoms with Crippen molar-refractivity contribution in [3.63, 3.8) is 0 Å². The molecule has 2 rings (SSSR count). The van der Waals surface area contributed by atoms with Crippen LogP contribution in [0, 0.1) is 0 Å². The van der Waals surface area contributed by atoms with Gasteiger partial charge in [-0.1, -0.05) is 30.3 Å². The van der Waals surface area contributed by atoms with Crippen LogP contribution in [-0.2, 0) is 0 Å². The fraction of sp³-hybridized carbons (Fsp3) is 0.500. The number of alkyl halides is 1.